The fourth-order valence-electron chi connectivity index (χ4n) is 8.87. The second-order valence-electron chi connectivity index (χ2n) is 15.3. The van der Waals surface area contributed by atoms with E-state index in [1.165, 1.54) is 82.8 Å². The fraction of sp³-hybridized carbons (Fsp3) is 0. The van der Waals surface area contributed by atoms with E-state index < -0.39 is 0 Å². The number of para-hydroxylation sites is 3. The Morgan fingerprint density at radius 1 is 0.267 bits per heavy atom. The van der Waals surface area contributed by atoms with E-state index in [0.29, 0.717) is 0 Å². The molecule has 0 fully saturated rings. The van der Waals surface area contributed by atoms with Crippen molar-refractivity contribution < 1.29 is 0 Å². The first-order chi connectivity index (χ1) is 29.8. The Hall–Kier alpha value is -7.94. The second kappa shape index (κ2) is 15.1. The smallest absolute Gasteiger partial charge is 0.0541 e. The molecule has 0 aliphatic rings. The van der Waals surface area contributed by atoms with Gasteiger partial charge in [-0.15, -0.1) is 0 Å². The zero-order chi connectivity index (χ0) is 39.8. The number of rotatable bonds is 8. The van der Waals surface area contributed by atoms with Gasteiger partial charge >= 0.3 is 0 Å². The molecule has 0 aliphatic heterocycles. The van der Waals surface area contributed by atoms with Gasteiger partial charge in [-0.2, -0.15) is 0 Å². The van der Waals surface area contributed by atoms with E-state index in [9.17, 15) is 0 Å². The molecule has 0 unspecified atom stereocenters. The van der Waals surface area contributed by atoms with Crippen LogP contribution in [0.2, 0.25) is 0 Å². The van der Waals surface area contributed by atoms with Crippen LogP contribution in [-0.4, -0.2) is 4.57 Å². The molecule has 0 N–H and O–H groups in total. The fourth-order valence-corrected chi connectivity index (χ4v) is 8.87. The van der Waals surface area contributed by atoms with Crippen LogP contribution in [-0.2, 0) is 0 Å². The summed E-state index contributed by atoms with van der Waals surface area (Å²) in [5.41, 5.74) is 16.6. The van der Waals surface area contributed by atoms with Crippen LogP contribution < -0.4 is 4.90 Å². The van der Waals surface area contributed by atoms with Crippen LogP contribution in [0.25, 0.3) is 82.8 Å². The van der Waals surface area contributed by atoms with Gasteiger partial charge < -0.3 is 9.47 Å². The van der Waals surface area contributed by atoms with Gasteiger partial charge in [-0.05, 0) is 111 Å². The van der Waals surface area contributed by atoms with Crippen molar-refractivity contribution >= 4 is 49.6 Å². The quantitative estimate of drug-likeness (QED) is 0.150. The first-order valence-electron chi connectivity index (χ1n) is 20.6. The van der Waals surface area contributed by atoms with Crippen molar-refractivity contribution in [2.45, 2.75) is 0 Å². The molecule has 0 saturated carbocycles. The van der Waals surface area contributed by atoms with Gasteiger partial charge in [-0.1, -0.05) is 182 Å². The number of aromatic nitrogens is 1. The Morgan fingerprint density at radius 3 is 1.38 bits per heavy atom. The van der Waals surface area contributed by atoms with Crippen molar-refractivity contribution in [1.82, 2.24) is 4.57 Å². The molecule has 0 saturated heterocycles. The molecule has 2 nitrogen and oxygen atoms in total. The van der Waals surface area contributed by atoms with E-state index in [2.05, 4.69) is 252 Å². The Kier molecular flexibility index (Phi) is 8.87. The van der Waals surface area contributed by atoms with E-state index in [0.717, 1.165) is 17.1 Å². The van der Waals surface area contributed by atoms with E-state index >= 15 is 0 Å². The lowest BCUT2D eigenvalue weighted by atomic mass is 9.94. The van der Waals surface area contributed by atoms with Crippen LogP contribution in [0, 0.1) is 0 Å². The molecular weight excluding hydrogens is 725 g/mol. The summed E-state index contributed by atoms with van der Waals surface area (Å²) in [5, 5.41) is 4.95. The molecule has 10 aromatic carbocycles. The molecule has 0 atom stereocenters. The predicted octanol–water partition coefficient (Wildman–Crippen LogP) is 16.1. The number of anilines is 3. The summed E-state index contributed by atoms with van der Waals surface area (Å²) in [6.45, 7) is 0. The number of nitrogens with zero attached hydrogens (tertiary/aromatic N) is 2. The average molecular weight is 765 g/mol. The van der Waals surface area contributed by atoms with Crippen LogP contribution in [0.3, 0.4) is 0 Å². The minimum atomic E-state index is 1.12. The van der Waals surface area contributed by atoms with Gasteiger partial charge in [0.15, 0.2) is 0 Å². The van der Waals surface area contributed by atoms with Crippen LogP contribution in [0.15, 0.2) is 243 Å². The van der Waals surface area contributed by atoms with Crippen molar-refractivity contribution in [2.75, 3.05) is 4.90 Å². The van der Waals surface area contributed by atoms with Crippen molar-refractivity contribution in [3.63, 3.8) is 0 Å². The summed E-state index contributed by atoms with van der Waals surface area (Å²) in [5.74, 6) is 0. The third kappa shape index (κ3) is 6.32. The van der Waals surface area contributed by atoms with Gasteiger partial charge in [-0.25, -0.2) is 0 Å². The van der Waals surface area contributed by atoms with Gasteiger partial charge in [0.2, 0.25) is 0 Å². The Labute approximate surface area is 350 Å². The molecule has 2 heteroatoms. The zero-order valence-corrected chi connectivity index (χ0v) is 33.0. The third-order valence-corrected chi connectivity index (χ3v) is 11.8. The maximum atomic E-state index is 2.37. The molecule has 0 radical (unpaired) electrons. The van der Waals surface area contributed by atoms with E-state index in [1.807, 2.05) is 0 Å². The second-order valence-corrected chi connectivity index (χ2v) is 15.3. The van der Waals surface area contributed by atoms with E-state index in [4.69, 9.17) is 0 Å². The van der Waals surface area contributed by atoms with Gasteiger partial charge in [0.05, 0.1) is 16.7 Å². The molecule has 0 bridgehead atoms. The molecule has 0 amide bonds. The van der Waals surface area contributed by atoms with Crippen molar-refractivity contribution in [3.05, 3.63) is 243 Å². The number of fused-ring (bicyclic) bond motifs is 4. The summed E-state index contributed by atoms with van der Waals surface area (Å²) in [7, 11) is 0. The largest absolute Gasteiger partial charge is 0.310 e. The van der Waals surface area contributed by atoms with Crippen LogP contribution in [0.1, 0.15) is 0 Å². The minimum absolute atomic E-state index is 1.12. The Balaban J connectivity index is 0.901. The molecule has 1 aromatic heterocycles. The molecule has 1 heterocycles. The lowest BCUT2D eigenvalue weighted by Crippen LogP contribution is -2.10. The lowest BCUT2D eigenvalue weighted by molar-refractivity contribution is 1.18. The first-order valence-corrected chi connectivity index (χ1v) is 20.6. The topological polar surface area (TPSA) is 8.17 Å². The zero-order valence-electron chi connectivity index (χ0n) is 33.0. The lowest BCUT2D eigenvalue weighted by Gasteiger charge is -2.27. The van der Waals surface area contributed by atoms with Gasteiger partial charge in [0.25, 0.3) is 0 Å². The van der Waals surface area contributed by atoms with Crippen LogP contribution >= 0.6 is 0 Å². The Bertz CT molecular complexity index is 3260. The average Bonchev–Trinajstić information content (AvgIpc) is 3.67. The van der Waals surface area contributed by atoms with Crippen molar-refractivity contribution in [2.24, 2.45) is 0 Å². The molecule has 282 valence electrons. The van der Waals surface area contributed by atoms with Crippen molar-refractivity contribution in [1.29, 1.82) is 0 Å². The van der Waals surface area contributed by atoms with E-state index in [1.54, 1.807) is 0 Å². The maximum absolute atomic E-state index is 2.37. The summed E-state index contributed by atoms with van der Waals surface area (Å²) in [4.78, 5) is 2.37. The maximum Gasteiger partial charge on any atom is 0.0541 e. The van der Waals surface area contributed by atoms with Gasteiger partial charge in [0.1, 0.15) is 0 Å². The number of benzene rings is 10. The highest BCUT2D eigenvalue weighted by atomic mass is 15.1. The summed E-state index contributed by atoms with van der Waals surface area (Å²) >= 11 is 0. The highest BCUT2D eigenvalue weighted by Crippen LogP contribution is 2.43. The van der Waals surface area contributed by atoms with Crippen molar-refractivity contribution in [3.8, 4) is 50.2 Å². The molecule has 11 aromatic rings. The monoisotopic (exact) mass is 764 g/mol. The molecule has 0 aliphatic carbocycles. The standard InChI is InChI=1S/C58H40N2/c1-4-14-41(15-5-1)44-32-35-50(36-33-44)59(48-16-6-2-7-17-48)57-39-37-51(52-20-10-11-21-53(52)57)46-30-28-43(29-31-46)42-24-26-45(27-25-42)47-34-38-58-55(40-47)54-22-12-13-23-56(54)60(58)49-18-8-3-9-19-49/h1-40H. The molecule has 60 heavy (non-hydrogen) atoms. The molecule has 11 rings (SSSR count). The molecule has 0 spiro atoms. The van der Waals surface area contributed by atoms with E-state index in [-0.39, 0.29) is 0 Å². The van der Waals surface area contributed by atoms with Crippen LogP contribution in [0.5, 0.6) is 0 Å². The van der Waals surface area contributed by atoms with Gasteiger partial charge in [-0.3, -0.25) is 0 Å². The van der Waals surface area contributed by atoms with Crippen LogP contribution in [0.4, 0.5) is 17.1 Å². The number of hydrogen-bond donors (Lipinski definition) is 0. The highest BCUT2D eigenvalue weighted by Gasteiger charge is 2.18. The first kappa shape index (κ1) is 35.2. The summed E-state index contributed by atoms with van der Waals surface area (Å²) in [6.07, 6.45) is 0. The number of hydrogen-bond acceptors (Lipinski definition) is 1. The predicted molar refractivity (Wildman–Crippen MR) is 255 cm³/mol. The minimum Gasteiger partial charge on any atom is -0.310 e. The summed E-state index contributed by atoms with van der Waals surface area (Å²) in [6, 6.07) is 87.7. The SMILES string of the molecule is c1ccc(-c2ccc(N(c3ccccc3)c3ccc(-c4ccc(-c5ccc(-c6ccc7c(c6)c6ccccc6n7-c6ccccc6)cc5)cc4)c4ccccc34)cc2)cc1. The van der Waals surface area contributed by atoms with Gasteiger partial charge in [0, 0.05) is 33.2 Å². The third-order valence-electron chi connectivity index (χ3n) is 11.8. The Morgan fingerprint density at radius 2 is 0.717 bits per heavy atom. The summed E-state index contributed by atoms with van der Waals surface area (Å²) < 4.78 is 2.36. The molecular formula is C58H40N2. The normalized spacial score (nSPS) is 11.3. The highest BCUT2D eigenvalue weighted by molar-refractivity contribution is 6.10.